The summed E-state index contributed by atoms with van der Waals surface area (Å²) in [5.41, 5.74) is 2.87. The third kappa shape index (κ3) is 5.21. The lowest BCUT2D eigenvalue weighted by Crippen LogP contribution is -2.43. The van der Waals surface area contributed by atoms with Gasteiger partial charge in [-0.15, -0.1) is 0 Å². The fourth-order valence-corrected chi connectivity index (χ4v) is 3.86. The van der Waals surface area contributed by atoms with Gasteiger partial charge >= 0.3 is 0 Å². The Labute approximate surface area is 179 Å². The maximum Gasteiger partial charge on any atom is 0.263 e. The van der Waals surface area contributed by atoms with Gasteiger partial charge in [0.15, 0.2) is 6.10 Å². The summed E-state index contributed by atoms with van der Waals surface area (Å²) in [6, 6.07) is 15.5. The van der Waals surface area contributed by atoms with Crippen LogP contribution in [0.15, 0.2) is 48.5 Å². The molecule has 2 amide bonds. The van der Waals surface area contributed by atoms with E-state index in [0.29, 0.717) is 37.7 Å². The van der Waals surface area contributed by atoms with Crippen LogP contribution in [0.2, 0.25) is 0 Å². The van der Waals surface area contributed by atoms with Gasteiger partial charge in [-0.2, -0.15) is 0 Å². The van der Waals surface area contributed by atoms with Crippen LogP contribution in [0.4, 0.5) is 0 Å². The fraction of sp³-hybridized carbons (Fsp3) is 0.440. The summed E-state index contributed by atoms with van der Waals surface area (Å²) in [5, 5.41) is 0. The summed E-state index contributed by atoms with van der Waals surface area (Å²) in [5.74, 6) is 1.09. The smallest absolute Gasteiger partial charge is 0.263 e. The summed E-state index contributed by atoms with van der Waals surface area (Å²) >= 11 is 0. The molecule has 5 nitrogen and oxygen atoms in total. The molecule has 0 spiro atoms. The summed E-state index contributed by atoms with van der Waals surface area (Å²) in [7, 11) is 0. The molecule has 2 aromatic rings. The highest BCUT2D eigenvalue weighted by molar-refractivity contribution is 5.94. The lowest BCUT2D eigenvalue weighted by molar-refractivity contribution is -0.137. The molecule has 0 saturated carbocycles. The molecule has 0 N–H and O–H groups in total. The normalized spacial score (nSPS) is 15.6. The number of amides is 2. The highest BCUT2D eigenvalue weighted by Gasteiger charge is 2.27. The van der Waals surface area contributed by atoms with Crippen molar-refractivity contribution in [3.8, 4) is 5.75 Å². The first kappa shape index (κ1) is 21.9. The number of hydrogen-bond donors (Lipinski definition) is 0. The Kier molecular flexibility index (Phi) is 7.14. The molecule has 30 heavy (non-hydrogen) atoms. The molecule has 160 valence electrons. The van der Waals surface area contributed by atoms with Crippen molar-refractivity contribution in [3.63, 3.8) is 0 Å². The molecule has 1 heterocycles. The molecule has 1 saturated heterocycles. The van der Waals surface area contributed by atoms with Crippen molar-refractivity contribution < 1.29 is 14.3 Å². The molecule has 0 aromatic heterocycles. The predicted molar refractivity (Wildman–Crippen MR) is 119 cm³/mol. The van der Waals surface area contributed by atoms with Crippen molar-refractivity contribution >= 4 is 11.8 Å². The molecule has 1 fully saturated rings. The van der Waals surface area contributed by atoms with E-state index in [1.165, 1.54) is 0 Å². The molecular formula is C25H32N2O3. The van der Waals surface area contributed by atoms with Crippen LogP contribution in [-0.2, 0) is 4.79 Å². The number of carbonyl (C=O) groups excluding carboxylic acids is 2. The van der Waals surface area contributed by atoms with Gasteiger partial charge in [-0.1, -0.05) is 49.7 Å². The second-order valence-electron chi connectivity index (χ2n) is 8.29. The van der Waals surface area contributed by atoms with Crippen molar-refractivity contribution in [2.45, 2.75) is 46.1 Å². The summed E-state index contributed by atoms with van der Waals surface area (Å²) in [4.78, 5) is 29.6. The summed E-state index contributed by atoms with van der Waals surface area (Å²) in [6.45, 7) is 10.4. The van der Waals surface area contributed by atoms with Gasteiger partial charge in [0, 0.05) is 31.7 Å². The Balaban J connectivity index is 1.62. The number of aryl methyl sites for hydroxylation is 1. The Hall–Kier alpha value is -2.82. The van der Waals surface area contributed by atoms with Gasteiger partial charge in [-0.05, 0) is 49.9 Å². The minimum Gasteiger partial charge on any atom is -0.481 e. The maximum atomic E-state index is 13.0. The molecule has 2 aromatic carbocycles. The van der Waals surface area contributed by atoms with Crippen LogP contribution < -0.4 is 4.74 Å². The monoisotopic (exact) mass is 408 g/mol. The standard InChI is InChI=1S/C25H32N2O3/c1-18(2)22-11-5-6-12-23(22)30-20(4)24(28)26-13-8-14-27(16-15-26)25(29)21-10-7-9-19(3)17-21/h5-7,9-12,17-18,20H,8,13-16H2,1-4H3. The van der Waals surface area contributed by atoms with Gasteiger partial charge in [-0.3, -0.25) is 9.59 Å². The quantitative estimate of drug-likeness (QED) is 0.743. The second-order valence-corrected chi connectivity index (χ2v) is 8.29. The van der Waals surface area contributed by atoms with Crippen LogP contribution in [0.5, 0.6) is 5.75 Å². The predicted octanol–water partition coefficient (Wildman–Crippen LogP) is 4.26. The third-order valence-corrected chi connectivity index (χ3v) is 5.55. The van der Waals surface area contributed by atoms with E-state index in [-0.39, 0.29) is 11.8 Å². The first-order chi connectivity index (χ1) is 14.4. The Morgan fingerprint density at radius 3 is 2.33 bits per heavy atom. The van der Waals surface area contributed by atoms with E-state index in [1.807, 2.05) is 65.3 Å². The average Bonchev–Trinajstić information content (AvgIpc) is 2.99. The maximum absolute atomic E-state index is 13.0. The first-order valence-corrected chi connectivity index (χ1v) is 10.8. The molecule has 1 aliphatic heterocycles. The summed E-state index contributed by atoms with van der Waals surface area (Å²) < 4.78 is 6.05. The Bertz CT molecular complexity index is 893. The molecule has 3 rings (SSSR count). The van der Waals surface area contributed by atoms with E-state index < -0.39 is 6.10 Å². The number of para-hydroxylation sites is 1. The van der Waals surface area contributed by atoms with Crippen LogP contribution in [-0.4, -0.2) is 53.9 Å². The molecule has 0 bridgehead atoms. The lowest BCUT2D eigenvalue weighted by atomic mass is 10.0. The molecule has 0 aliphatic carbocycles. The van der Waals surface area contributed by atoms with Crippen LogP contribution in [0.1, 0.15) is 54.6 Å². The third-order valence-electron chi connectivity index (χ3n) is 5.55. The van der Waals surface area contributed by atoms with Crippen molar-refractivity contribution in [1.82, 2.24) is 9.80 Å². The number of benzene rings is 2. The van der Waals surface area contributed by atoms with Crippen molar-refractivity contribution in [3.05, 3.63) is 65.2 Å². The van der Waals surface area contributed by atoms with Gasteiger partial charge in [0.25, 0.3) is 11.8 Å². The van der Waals surface area contributed by atoms with E-state index in [1.54, 1.807) is 6.92 Å². The molecule has 1 aliphatic rings. The van der Waals surface area contributed by atoms with Crippen molar-refractivity contribution in [2.75, 3.05) is 26.2 Å². The highest BCUT2D eigenvalue weighted by Crippen LogP contribution is 2.27. The largest absolute Gasteiger partial charge is 0.481 e. The van der Waals surface area contributed by atoms with Gasteiger partial charge in [-0.25, -0.2) is 0 Å². The van der Waals surface area contributed by atoms with Gasteiger partial charge in [0.1, 0.15) is 5.75 Å². The highest BCUT2D eigenvalue weighted by atomic mass is 16.5. The van der Waals surface area contributed by atoms with Crippen molar-refractivity contribution in [2.24, 2.45) is 0 Å². The van der Waals surface area contributed by atoms with E-state index >= 15 is 0 Å². The second kappa shape index (κ2) is 9.79. The number of nitrogens with zero attached hydrogens (tertiary/aromatic N) is 2. The molecule has 5 heteroatoms. The van der Waals surface area contributed by atoms with E-state index in [9.17, 15) is 9.59 Å². The van der Waals surface area contributed by atoms with Gasteiger partial charge in [0.05, 0.1) is 0 Å². The minimum absolute atomic E-state index is 0.0292. The first-order valence-electron chi connectivity index (χ1n) is 10.8. The lowest BCUT2D eigenvalue weighted by Gasteiger charge is -2.26. The van der Waals surface area contributed by atoms with Gasteiger partial charge in [0.2, 0.25) is 0 Å². The van der Waals surface area contributed by atoms with Crippen LogP contribution >= 0.6 is 0 Å². The Morgan fingerprint density at radius 1 is 0.900 bits per heavy atom. The number of ether oxygens (including phenoxy) is 1. The van der Waals surface area contributed by atoms with Crippen molar-refractivity contribution in [1.29, 1.82) is 0 Å². The number of hydrogen-bond acceptors (Lipinski definition) is 3. The molecule has 0 radical (unpaired) electrons. The van der Waals surface area contributed by atoms with Crippen LogP contribution in [0, 0.1) is 6.92 Å². The van der Waals surface area contributed by atoms with E-state index in [0.717, 1.165) is 23.3 Å². The fourth-order valence-electron chi connectivity index (χ4n) is 3.86. The average molecular weight is 409 g/mol. The molecular weight excluding hydrogens is 376 g/mol. The zero-order valence-electron chi connectivity index (χ0n) is 18.4. The van der Waals surface area contributed by atoms with E-state index in [2.05, 4.69) is 13.8 Å². The van der Waals surface area contributed by atoms with Gasteiger partial charge < -0.3 is 14.5 Å². The Morgan fingerprint density at radius 2 is 1.60 bits per heavy atom. The molecule has 1 atom stereocenters. The number of carbonyl (C=O) groups is 2. The number of rotatable bonds is 5. The zero-order chi connectivity index (χ0) is 21.7. The topological polar surface area (TPSA) is 49.9 Å². The SMILES string of the molecule is Cc1cccc(C(=O)N2CCCN(C(=O)C(C)Oc3ccccc3C(C)C)CC2)c1. The van der Waals surface area contributed by atoms with Crippen LogP contribution in [0.3, 0.4) is 0 Å². The zero-order valence-corrected chi connectivity index (χ0v) is 18.4. The molecule has 1 unspecified atom stereocenters. The van der Waals surface area contributed by atoms with Crippen LogP contribution in [0.25, 0.3) is 0 Å². The minimum atomic E-state index is -0.566. The summed E-state index contributed by atoms with van der Waals surface area (Å²) in [6.07, 6.45) is 0.197. The van der Waals surface area contributed by atoms with E-state index in [4.69, 9.17) is 4.74 Å².